The number of halogens is 1. The number of hydrogen-bond donors (Lipinski definition) is 0. The average molecular weight is 234 g/mol. The minimum Gasteiger partial charge on any atom is -0.329 e. The van der Waals surface area contributed by atoms with E-state index in [1.54, 1.807) is 12.5 Å². The molecule has 2 aromatic rings. The van der Waals surface area contributed by atoms with Gasteiger partial charge in [0.15, 0.2) is 0 Å². The molecule has 0 radical (unpaired) electrons. The van der Waals surface area contributed by atoms with Gasteiger partial charge in [0, 0.05) is 12.7 Å². The van der Waals surface area contributed by atoms with Crippen molar-refractivity contribution >= 4 is 12.4 Å². The molecule has 82 valence electrons. The second kappa shape index (κ2) is 5.94. The van der Waals surface area contributed by atoms with Crippen molar-refractivity contribution in [3.8, 4) is 6.07 Å². The molecule has 0 aliphatic rings. The molecule has 0 bridgehead atoms. The molecule has 1 aromatic carbocycles. The predicted octanol–water partition coefficient (Wildman–Crippen LogP) is 2.42. The maximum Gasteiger partial charge on any atom is 0.0951 e. The molecule has 4 heteroatoms. The largest absolute Gasteiger partial charge is 0.329 e. The molecule has 3 nitrogen and oxygen atoms in total. The first-order chi connectivity index (χ1) is 7.40. The van der Waals surface area contributed by atoms with E-state index in [2.05, 4.69) is 23.2 Å². The summed E-state index contributed by atoms with van der Waals surface area (Å²) >= 11 is 0. The fourth-order valence-corrected chi connectivity index (χ4v) is 1.50. The molecule has 0 aliphatic heterocycles. The zero-order chi connectivity index (χ0) is 10.5. The Labute approximate surface area is 101 Å². The van der Waals surface area contributed by atoms with E-state index >= 15 is 0 Å². The van der Waals surface area contributed by atoms with Crippen LogP contribution >= 0.6 is 12.4 Å². The summed E-state index contributed by atoms with van der Waals surface area (Å²) < 4.78 is 2.00. The Kier molecular flexibility index (Phi) is 4.56. The highest BCUT2D eigenvalue weighted by Gasteiger charge is 2.01. The highest BCUT2D eigenvalue weighted by atomic mass is 35.5. The van der Waals surface area contributed by atoms with E-state index in [-0.39, 0.29) is 12.4 Å². The van der Waals surface area contributed by atoms with Gasteiger partial charge >= 0.3 is 0 Å². The molecule has 0 unspecified atom stereocenters. The number of nitriles is 1. The Morgan fingerprint density at radius 2 is 2.00 bits per heavy atom. The molecular weight excluding hydrogens is 222 g/mol. The van der Waals surface area contributed by atoms with Gasteiger partial charge in [0.1, 0.15) is 0 Å². The topological polar surface area (TPSA) is 41.6 Å². The van der Waals surface area contributed by atoms with Gasteiger partial charge in [-0.25, -0.2) is 4.98 Å². The normalized spacial score (nSPS) is 9.19. The summed E-state index contributed by atoms with van der Waals surface area (Å²) in [6.45, 7) is 0.776. The number of nitrogens with zero attached hydrogens (tertiary/aromatic N) is 3. The van der Waals surface area contributed by atoms with Gasteiger partial charge in [-0.2, -0.15) is 5.26 Å². The Hall–Kier alpha value is -1.79. The minimum atomic E-state index is 0. The van der Waals surface area contributed by atoms with E-state index in [0.717, 1.165) is 12.2 Å². The molecule has 0 saturated heterocycles. The van der Waals surface area contributed by atoms with Gasteiger partial charge < -0.3 is 4.57 Å². The van der Waals surface area contributed by atoms with Crippen LogP contribution in [0.25, 0.3) is 0 Å². The van der Waals surface area contributed by atoms with Crippen LogP contribution in [0.3, 0.4) is 0 Å². The molecule has 0 spiro atoms. The van der Waals surface area contributed by atoms with Crippen LogP contribution in [0.1, 0.15) is 11.3 Å². The molecule has 16 heavy (non-hydrogen) atoms. The molecule has 0 atom stereocenters. The van der Waals surface area contributed by atoms with E-state index in [0.29, 0.717) is 6.42 Å². The van der Waals surface area contributed by atoms with Crippen LogP contribution in [-0.2, 0) is 13.0 Å². The van der Waals surface area contributed by atoms with E-state index in [1.165, 1.54) is 5.56 Å². The van der Waals surface area contributed by atoms with Crippen LogP contribution < -0.4 is 0 Å². The van der Waals surface area contributed by atoms with Crippen LogP contribution in [0.15, 0.2) is 42.9 Å². The second-order valence-corrected chi connectivity index (χ2v) is 3.33. The molecule has 1 aromatic heterocycles. The third-order valence-corrected chi connectivity index (χ3v) is 2.25. The van der Waals surface area contributed by atoms with Crippen molar-refractivity contribution in [2.75, 3.05) is 0 Å². The molecule has 0 aliphatic carbocycles. The maximum atomic E-state index is 8.64. The molecular formula is C12H12ClN3. The standard InChI is InChI=1S/C12H11N3.ClH/c13-7-6-12-8-14-10-15(12)9-11-4-2-1-3-5-11;/h1-5,8,10H,6,9H2;1H. The Bertz CT molecular complexity index is 471. The summed E-state index contributed by atoms with van der Waals surface area (Å²) in [5.41, 5.74) is 2.18. The summed E-state index contributed by atoms with van der Waals surface area (Å²) in [5.74, 6) is 0. The van der Waals surface area contributed by atoms with Crippen LogP contribution in [0.5, 0.6) is 0 Å². The van der Waals surface area contributed by atoms with Gasteiger partial charge in [-0.05, 0) is 5.56 Å². The first kappa shape index (κ1) is 12.3. The van der Waals surface area contributed by atoms with Gasteiger partial charge in [0.25, 0.3) is 0 Å². The lowest BCUT2D eigenvalue weighted by molar-refractivity contribution is 0.758. The molecule has 0 saturated carbocycles. The molecule has 1 heterocycles. The van der Waals surface area contributed by atoms with Crippen LogP contribution in [0.4, 0.5) is 0 Å². The zero-order valence-corrected chi connectivity index (χ0v) is 9.52. The predicted molar refractivity (Wildman–Crippen MR) is 64.3 cm³/mol. The number of benzene rings is 1. The van der Waals surface area contributed by atoms with Crippen LogP contribution in [-0.4, -0.2) is 9.55 Å². The SMILES string of the molecule is Cl.N#CCc1cncn1Cc1ccccc1. The molecule has 0 N–H and O–H groups in total. The molecule has 0 amide bonds. The highest BCUT2D eigenvalue weighted by Crippen LogP contribution is 2.06. The number of imidazole rings is 1. The minimum absolute atomic E-state index is 0. The third-order valence-electron chi connectivity index (χ3n) is 2.25. The second-order valence-electron chi connectivity index (χ2n) is 3.33. The Morgan fingerprint density at radius 3 is 2.69 bits per heavy atom. The smallest absolute Gasteiger partial charge is 0.0951 e. The highest BCUT2D eigenvalue weighted by molar-refractivity contribution is 5.85. The van der Waals surface area contributed by atoms with E-state index in [1.807, 2.05) is 22.8 Å². The van der Waals surface area contributed by atoms with E-state index in [9.17, 15) is 0 Å². The first-order valence-corrected chi connectivity index (χ1v) is 4.80. The van der Waals surface area contributed by atoms with Crippen molar-refractivity contribution in [2.24, 2.45) is 0 Å². The fraction of sp³-hybridized carbons (Fsp3) is 0.167. The lowest BCUT2D eigenvalue weighted by Crippen LogP contribution is -2.02. The van der Waals surface area contributed by atoms with Gasteiger partial charge in [0.2, 0.25) is 0 Å². The Balaban J connectivity index is 0.00000128. The lowest BCUT2D eigenvalue weighted by Gasteiger charge is -2.05. The van der Waals surface area contributed by atoms with Gasteiger partial charge in [-0.15, -0.1) is 12.4 Å². The maximum absolute atomic E-state index is 8.64. The van der Waals surface area contributed by atoms with E-state index in [4.69, 9.17) is 5.26 Å². The Morgan fingerprint density at radius 1 is 1.25 bits per heavy atom. The van der Waals surface area contributed by atoms with E-state index < -0.39 is 0 Å². The van der Waals surface area contributed by atoms with Gasteiger partial charge in [-0.3, -0.25) is 0 Å². The summed E-state index contributed by atoms with van der Waals surface area (Å²) in [5, 5.41) is 8.64. The molecule has 2 rings (SSSR count). The monoisotopic (exact) mass is 233 g/mol. The van der Waals surface area contributed by atoms with Crippen LogP contribution in [0, 0.1) is 11.3 Å². The summed E-state index contributed by atoms with van der Waals surface area (Å²) in [4.78, 5) is 4.05. The van der Waals surface area contributed by atoms with Crippen LogP contribution in [0.2, 0.25) is 0 Å². The quantitative estimate of drug-likeness (QED) is 0.817. The van der Waals surface area contributed by atoms with Gasteiger partial charge in [-0.1, -0.05) is 30.3 Å². The van der Waals surface area contributed by atoms with Crippen molar-refractivity contribution in [1.29, 1.82) is 5.26 Å². The zero-order valence-electron chi connectivity index (χ0n) is 8.71. The van der Waals surface area contributed by atoms with Gasteiger partial charge in [0.05, 0.1) is 24.5 Å². The first-order valence-electron chi connectivity index (χ1n) is 4.80. The van der Waals surface area contributed by atoms with Crippen molar-refractivity contribution in [3.63, 3.8) is 0 Å². The number of hydrogen-bond acceptors (Lipinski definition) is 2. The lowest BCUT2D eigenvalue weighted by atomic mass is 10.2. The summed E-state index contributed by atoms with van der Waals surface area (Å²) in [6, 6.07) is 12.3. The van der Waals surface area contributed by atoms with Crippen molar-refractivity contribution in [3.05, 3.63) is 54.1 Å². The van der Waals surface area contributed by atoms with Crippen molar-refractivity contribution in [1.82, 2.24) is 9.55 Å². The fourth-order valence-electron chi connectivity index (χ4n) is 1.50. The summed E-state index contributed by atoms with van der Waals surface area (Å²) in [6.07, 6.45) is 3.92. The third kappa shape index (κ3) is 2.85. The average Bonchev–Trinajstić information content (AvgIpc) is 2.68. The molecule has 0 fully saturated rings. The number of aromatic nitrogens is 2. The van der Waals surface area contributed by atoms with Crippen molar-refractivity contribution < 1.29 is 0 Å². The summed E-state index contributed by atoms with van der Waals surface area (Å²) in [7, 11) is 0. The number of rotatable bonds is 3. The van der Waals surface area contributed by atoms with Crippen molar-refractivity contribution in [2.45, 2.75) is 13.0 Å².